The topological polar surface area (TPSA) is 266 Å². The number of allylic oxidation sites excluding steroid dienone is 6. The maximum atomic E-state index is 13.0. The van der Waals surface area contributed by atoms with Crippen LogP contribution in [-0.4, -0.2) is 161 Å². The molecule has 0 saturated heterocycles. The zero-order chi connectivity index (χ0) is 68.2. The summed E-state index contributed by atoms with van der Waals surface area (Å²) < 4.78 is 97.9. The van der Waals surface area contributed by atoms with Crippen LogP contribution in [0.4, 0.5) is 17.1 Å². The van der Waals surface area contributed by atoms with Crippen LogP contribution in [0.3, 0.4) is 0 Å². The number of fused-ring (bicyclic) bond motifs is 3. The van der Waals surface area contributed by atoms with E-state index < -0.39 is 26.5 Å². The second kappa shape index (κ2) is 34.8. The Morgan fingerprint density at radius 1 is 0.705 bits per heavy atom. The molecular formula is C73H102N7O13S2+. The fourth-order valence-electron chi connectivity index (χ4n) is 13.0. The number of Topliss-reactive ketones (excluding diaryl/α,β-unsaturated/α-hetero) is 1. The molecule has 2 unspecified atom stereocenters. The molecule has 0 saturated carbocycles. The maximum Gasteiger partial charge on any atom is 0.264 e. The Kier molecular flexibility index (Phi) is 27.3. The van der Waals surface area contributed by atoms with E-state index in [9.17, 15) is 35.8 Å². The number of anilines is 2. The summed E-state index contributed by atoms with van der Waals surface area (Å²) in [6.07, 6.45) is 15.3. The Hall–Kier alpha value is -6.25. The zero-order valence-electron chi connectivity index (χ0n) is 56.7. The minimum absolute atomic E-state index is 0.000671. The fourth-order valence-corrected chi connectivity index (χ4v) is 14.2. The first kappa shape index (κ1) is 74.5. The summed E-state index contributed by atoms with van der Waals surface area (Å²) in [4.78, 5) is 15.3. The highest BCUT2D eigenvalue weighted by Crippen LogP contribution is 2.48. The standard InChI is InChI=1S/C73H101N7O13S2/c1-54-69-65(51-71(2,3)52-66(69)81)80(77-54)58-31-32-59(70(74)82)62(50-58)76-35-19-39-90-41-43-92-45-47-93-46-44-91-42-40-89-38-18-34-75-53-55-26-28-57(29-27-55)56(30-33-68-73(6,7)61-22-10-12-24-64(61)79(68)37-15-17-49-95(86,87)88)20-8-13-25-67-72(4,5)60-21-9-11-23-63(60)78(67)36-14-16-48-94(83,84)85/h8-13,21-33,50,56,70,75-76,82H,14-20,34-49,51-53,74H2,1-7H3,(H-,83,84,85,86,87,88)/p+1/b13-8+,33-30+,67-25-. The lowest BCUT2D eigenvalue weighted by Crippen LogP contribution is -2.28. The number of carbonyl (C=O) groups excluding carboxylic acids is 1. The number of aromatic nitrogens is 2. The second-order valence-corrected chi connectivity index (χ2v) is 29.9. The number of rotatable bonds is 41. The molecule has 0 spiro atoms. The zero-order valence-corrected chi connectivity index (χ0v) is 58.3. The van der Waals surface area contributed by atoms with Crippen molar-refractivity contribution in [1.29, 1.82) is 0 Å². The summed E-state index contributed by atoms with van der Waals surface area (Å²) in [6, 6.07) is 31.0. The predicted octanol–water partition coefficient (Wildman–Crippen LogP) is 11.0. The molecule has 1 aromatic heterocycles. The number of nitrogens with zero attached hydrogens (tertiary/aromatic N) is 4. The monoisotopic (exact) mass is 1350 g/mol. The van der Waals surface area contributed by atoms with Gasteiger partial charge < -0.3 is 50.1 Å². The molecule has 3 heterocycles. The summed E-state index contributed by atoms with van der Waals surface area (Å²) in [7, 11) is -8.11. The molecule has 3 aliphatic rings. The maximum absolute atomic E-state index is 13.0. The normalized spacial score (nSPS) is 16.9. The van der Waals surface area contributed by atoms with Crippen LogP contribution in [0, 0.1) is 12.3 Å². The highest BCUT2D eigenvalue weighted by molar-refractivity contribution is 7.86. The summed E-state index contributed by atoms with van der Waals surface area (Å²) in [5.74, 6) is -0.425. The molecule has 4 aromatic carbocycles. The highest BCUT2D eigenvalue weighted by atomic mass is 32.2. The van der Waals surface area contributed by atoms with Gasteiger partial charge in [-0.05, 0) is 119 Å². The van der Waals surface area contributed by atoms with Crippen LogP contribution in [0.1, 0.15) is 155 Å². The van der Waals surface area contributed by atoms with Crippen LogP contribution in [0.2, 0.25) is 0 Å². The molecule has 2 aliphatic heterocycles. The van der Waals surface area contributed by atoms with Crippen LogP contribution < -0.4 is 21.3 Å². The number of aliphatic hydroxyl groups excluding tert-OH is 1. The van der Waals surface area contributed by atoms with E-state index in [4.69, 9.17) is 34.5 Å². The van der Waals surface area contributed by atoms with Gasteiger partial charge in [0.15, 0.2) is 11.5 Å². The number of carbonyl (C=O) groups is 1. The van der Waals surface area contributed by atoms with Gasteiger partial charge in [-0.15, -0.1) is 0 Å². The SMILES string of the molecule is Cc1nn(-c2ccc(C(N)O)c(NCCCOCCOCCOCCOCCOCCCNCc3ccc(C(/C=C/C4=[N+](CCCCS(=O)(=O)O)c5ccccc5C4(C)C)C/C=C/C=C4\N(CCCCS(=O)(=O)O)c5ccccc5C4(C)C)cc3)c2)c2c1C(=O)CC(C)(C)C2. The third-order valence-electron chi connectivity index (χ3n) is 17.9. The van der Waals surface area contributed by atoms with Crippen molar-refractivity contribution in [2.75, 3.05) is 114 Å². The number of aliphatic hydroxyl groups is 1. The van der Waals surface area contributed by atoms with Crippen molar-refractivity contribution >= 4 is 48.8 Å². The number of hydrogen-bond acceptors (Lipinski definition) is 16. The first-order chi connectivity index (χ1) is 45.3. The van der Waals surface area contributed by atoms with E-state index in [-0.39, 0.29) is 39.5 Å². The number of hydrogen-bond donors (Lipinski definition) is 6. The van der Waals surface area contributed by atoms with E-state index in [1.54, 1.807) is 6.07 Å². The Labute approximate surface area is 563 Å². The van der Waals surface area contributed by atoms with Crippen molar-refractivity contribution in [3.63, 3.8) is 0 Å². The molecule has 0 bridgehead atoms. The van der Waals surface area contributed by atoms with Crippen LogP contribution in [0.25, 0.3) is 5.69 Å². The second-order valence-electron chi connectivity index (χ2n) is 26.7. The Morgan fingerprint density at radius 2 is 1.31 bits per heavy atom. The summed E-state index contributed by atoms with van der Waals surface area (Å²) in [5, 5.41) is 22.0. The van der Waals surface area contributed by atoms with Crippen molar-refractivity contribution in [2.24, 2.45) is 11.1 Å². The number of aryl methyl sites for hydroxylation is 1. The number of nitrogens with one attached hydrogen (secondary N) is 2. The van der Waals surface area contributed by atoms with E-state index in [0.717, 1.165) is 71.2 Å². The Morgan fingerprint density at radius 3 is 1.95 bits per heavy atom. The molecule has 0 radical (unpaired) electrons. The average molecular weight is 1350 g/mol. The van der Waals surface area contributed by atoms with Gasteiger partial charge in [-0.1, -0.05) is 113 Å². The number of unbranched alkanes of at least 4 members (excludes halogenated alkanes) is 2. The van der Waals surface area contributed by atoms with Crippen LogP contribution in [0.15, 0.2) is 127 Å². The van der Waals surface area contributed by atoms with Gasteiger partial charge in [0.25, 0.3) is 20.2 Å². The first-order valence-corrected chi connectivity index (χ1v) is 36.8. The van der Waals surface area contributed by atoms with Crippen LogP contribution in [-0.2, 0) is 67.7 Å². The van der Waals surface area contributed by atoms with Crippen LogP contribution >= 0.6 is 0 Å². The van der Waals surface area contributed by atoms with Crippen molar-refractivity contribution in [1.82, 2.24) is 15.1 Å². The quantitative estimate of drug-likeness (QED) is 0.00919. The molecule has 22 heteroatoms. The van der Waals surface area contributed by atoms with Crippen molar-refractivity contribution in [2.45, 2.75) is 136 Å². The first-order valence-electron chi connectivity index (χ1n) is 33.5. The third kappa shape index (κ3) is 21.4. The predicted molar refractivity (Wildman–Crippen MR) is 375 cm³/mol. The Balaban J connectivity index is 0.725. The van der Waals surface area contributed by atoms with Crippen molar-refractivity contribution in [3.05, 3.63) is 172 Å². The summed E-state index contributed by atoms with van der Waals surface area (Å²) >= 11 is 0. The minimum atomic E-state index is -4.06. The molecule has 1 aliphatic carbocycles. The van der Waals surface area contributed by atoms with E-state index >= 15 is 0 Å². The number of ketones is 1. The van der Waals surface area contributed by atoms with Crippen molar-refractivity contribution < 1.29 is 64.1 Å². The van der Waals surface area contributed by atoms with Gasteiger partial charge in [-0.25, -0.2) is 4.68 Å². The average Bonchev–Trinajstić information content (AvgIpc) is 1.62. The minimum Gasteiger partial charge on any atom is -0.385 e. The number of nitrogens with two attached hydrogens (primary N) is 1. The lowest BCUT2D eigenvalue weighted by atomic mass is 9.75. The molecule has 7 N–H and O–H groups in total. The number of para-hydroxylation sites is 2. The molecule has 5 aromatic rings. The molecule has 0 fully saturated rings. The van der Waals surface area contributed by atoms with Crippen LogP contribution in [0.5, 0.6) is 0 Å². The van der Waals surface area contributed by atoms with Gasteiger partial charge in [0, 0.05) is 97.4 Å². The largest absolute Gasteiger partial charge is 0.385 e. The smallest absolute Gasteiger partial charge is 0.264 e. The summed E-state index contributed by atoms with van der Waals surface area (Å²) in [6.45, 7) is 23.1. The lowest BCUT2D eigenvalue weighted by Gasteiger charge is -2.29. The molecule has 0 amide bonds. The lowest BCUT2D eigenvalue weighted by molar-refractivity contribution is -0.438. The molecular weight excluding hydrogens is 1250 g/mol. The summed E-state index contributed by atoms with van der Waals surface area (Å²) in [5.41, 5.74) is 18.7. The molecule has 95 heavy (non-hydrogen) atoms. The van der Waals surface area contributed by atoms with E-state index in [0.29, 0.717) is 148 Å². The molecule has 20 nitrogen and oxygen atoms in total. The van der Waals surface area contributed by atoms with Gasteiger partial charge in [0.2, 0.25) is 5.69 Å². The van der Waals surface area contributed by atoms with Gasteiger partial charge in [0.1, 0.15) is 12.8 Å². The Bertz CT molecular complexity index is 3710. The van der Waals surface area contributed by atoms with E-state index in [1.807, 2.05) is 41.9 Å². The van der Waals surface area contributed by atoms with Gasteiger partial charge in [0.05, 0.1) is 92.4 Å². The van der Waals surface area contributed by atoms with Crippen molar-refractivity contribution in [3.8, 4) is 5.69 Å². The fraction of sp³-hybridized carbons (Fsp3) is 0.521. The van der Waals surface area contributed by atoms with E-state index in [1.165, 1.54) is 16.7 Å². The molecule has 518 valence electrons. The molecule has 8 rings (SSSR count). The van der Waals surface area contributed by atoms with Gasteiger partial charge in [-0.3, -0.25) is 13.9 Å². The number of ether oxygens (including phenoxy) is 5. The van der Waals surface area contributed by atoms with Gasteiger partial charge >= 0.3 is 0 Å². The van der Waals surface area contributed by atoms with E-state index in [2.05, 4.69) is 147 Å². The number of benzene rings is 4. The highest BCUT2D eigenvalue weighted by Gasteiger charge is 2.44. The van der Waals surface area contributed by atoms with Gasteiger partial charge in [-0.2, -0.15) is 26.5 Å². The third-order valence-corrected chi connectivity index (χ3v) is 19.5. The molecule has 2 atom stereocenters.